The second-order valence-corrected chi connectivity index (χ2v) is 5.75. The molecule has 17 heavy (non-hydrogen) atoms. The monoisotopic (exact) mass is 317 g/mol. The summed E-state index contributed by atoms with van der Waals surface area (Å²) < 4.78 is 6.55. The van der Waals surface area contributed by atoms with Crippen molar-refractivity contribution >= 4 is 27.5 Å². The Hall–Kier alpha value is -0.0900. The number of hydrogen-bond donors (Lipinski definition) is 1. The van der Waals surface area contributed by atoms with Gasteiger partial charge in [-0.2, -0.15) is 0 Å². The maximum atomic E-state index is 6.12. The molecule has 0 heterocycles. The Morgan fingerprint density at radius 1 is 1.41 bits per heavy atom. The van der Waals surface area contributed by atoms with Crippen molar-refractivity contribution in [2.75, 3.05) is 19.8 Å². The lowest BCUT2D eigenvalue weighted by Gasteiger charge is -2.07. The van der Waals surface area contributed by atoms with E-state index in [1.165, 1.54) is 12.8 Å². The first-order valence-electron chi connectivity index (χ1n) is 5.98. The molecule has 1 N–H and O–H groups in total. The van der Waals surface area contributed by atoms with Crippen molar-refractivity contribution in [3.8, 4) is 0 Å². The van der Waals surface area contributed by atoms with Crippen LogP contribution >= 0.6 is 27.5 Å². The van der Waals surface area contributed by atoms with E-state index in [-0.39, 0.29) is 0 Å². The van der Waals surface area contributed by atoms with Gasteiger partial charge >= 0.3 is 0 Å². The molecule has 0 unspecified atom stereocenters. The third kappa shape index (κ3) is 4.96. The molecule has 0 atom stereocenters. The molecular formula is C13H17BrClNO. The summed E-state index contributed by atoms with van der Waals surface area (Å²) in [7, 11) is 0. The van der Waals surface area contributed by atoms with E-state index in [1.54, 1.807) is 0 Å². The van der Waals surface area contributed by atoms with Gasteiger partial charge in [0.25, 0.3) is 0 Å². The lowest BCUT2D eigenvalue weighted by molar-refractivity contribution is 0.126. The Morgan fingerprint density at radius 2 is 2.24 bits per heavy atom. The van der Waals surface area contributed by atoms with Crippen LogP contribution in [0.2, 0.25) is 5.02 Å². The average molecular weight is 319 g/mol. The van der Waals surface area contributed by atoms with Gasteiger partial charge in [-0.3, -0.25) is 0 Å². The minimum atomic E-state index is 0.782. The first-order valence-corrected chi connectivity index (χ1v) is 7.15. The van der Waals surface area contributed by atoms with Gasteiger partial charge in [0.05, 0.1) is 6.61 Å². The number of rotatable bonds is 7. The average Bonchev–Trinajstić information content (AvgIpc) is 3.09. The molecule has 0 aliphatic heterocycles. The smallest absolute Gasteiger partial charge is 0.0591 e. The van der Waals surface area contributed by atoms with E-state index < -0.39 is 0 Å². The highest BCUT2D eigenvalue weighted by atomic mass is 79.9. The van der Waals surface area contributed by atoms with Gasteiger partial charge in [0.1, 0.15) is 0 Å². The van der Waals surface area contributed by atoms with E-state index in [9.17, 15) is 0 Å². The summed E-state index contributed by atoms with van der Waals surface area (Å²) in [6, 6.07) is 5.96. The van der Waals surface area contributed by atoms with E-state index in [2.05, 4.69) is 21.2 Å². The second-order valence-electron chi connectivity index (χ2n) is 4.43. The predicted molar refractivity (Wildman–Crippen MR) is 74.4 cm³/mol. The minimum Gasteiger partial charge on any atom is -0.380 e. The zero-order valence-electron chi connectivity index (χ0n) is 9.72. The van der Waals surface area contributed by atoms with Gasteiger partial charge in [-0.25, -0.2) is 0 Å². The van der Waals surface area contributed by atoms with E-state index in [0.717, 1.165) is 47.3 Å². The van der Waals surface area contributed by atoms with Crippen LogP contribution in [0.15, 0.2) is 22.7 Å². The molecular weight excluding hydrogens is 302 g/mol. The Balaban J connectivity index is 1.60. The summed E-state index contributed by atoms with van der Waals surface area (Å²) in [5.74, 6) is 0.843. The minimum absolute atomic E-state index is 0.782. The van der Waals surface area contributed by atoms with E-state index in [0.29, 0.717) is 0 Å². The van der Waals surface area contributed by atoms with Crippen molar-refractivity contribution < 1.29 is 4.74 Å². The molecule has 0 saturated heterocycles. The summed E-state index contributed by atoms with van der Waals surface area (Å²) in [6.45, 7) is 3.38. The van der Waals surface area contributed by atoms with Gasteiger partial charge in [-0.1, -0.05) is 33.6 Å². The first kappa shape index (κ1) is 13.3. The van der Waals surface area contributed by atoms with Crippen molar-refractivity contribution in [1.29, 1.82) is 0 Å². The topological polar surface area (TPSA) is 21.3 Å². The van der Waals surface area contributed by atoms with Crippen LogP contribution in [0.5, 0.6) is 0 Å². The van der Waals surface area contributed by atoms with Gasteiger partial charge in [-0.15, -0.1) is 0 Å². The molecule has 0 bridgehead atoms. The van der Waals surface area contributed by atoms with Gasteiger partial charge in [0.15, 0.2) is 0 Å². The first-order chi connectivity index (χ1) is 8.25. The SMILES string of the molecule is Clc1cc(Br)ccc1CNCCOCC1CC1. The predicted octanol–water partition coefficient (Wildman–Crippen LogP) is 3.62. The second kappa shape index (κ2) is 6.74. The molecule has 4 heteroatoms. The van der Waals surface area contributed by atoms with Crippen LogP contribution in [0.4, 0.5) is 0 Å². The number of benzene rings is 1. The molecule has 2 nitrogen and oxygen atoms in total. The molecule has 1 saturated carbocycles. The molecule has 0 spiro atoms. The molecule has 94 valence electrons. The Morgan fingerprint density at radius 3 is 2.94 bits per heavy atom. The lowest BCUT2D eigenvalue weighted by atomic mass is 10.2. The van der Waals surface area contributed by atoms with Crippen LogP contribution in [0.3, 0.4) is 0 Å². The zero-order chi connectivity index (χ0) is 12.1. The maximum Gasteiger partial charge on any atom is 0.0591 e. The van der Waals surface area contributed by atoms with Crippen molar-refractivity contribution in [2.24, 2.45) is 5.92 Å². The highest BCUT2D eigenvalue weighted by molar-refractivity contribution is 9.10. The van der Waals surface area contributed by atoms with E-state index in [1.807, 2.05) is 18.2 Å². The molecule has 1 aliphatic rings. The van der Waals surface area contributed by atoms with Crippen LogP contribution in [-0.2, 0) is 11.3 Å². The largest absolute Gasteiger partial charge is 0.380 e. The number of nitrogens with one attached hydrogen (secondary N) is 1. The Kier molecular flexibility index (Phi) is 5.29. The molecule has 1 aromatic rings. The number of hydrogen-bond acceptors (Lipinski definition) is 2. The quantitative estimate of drug-likeness (QED) is 0.775. The summed E-state index contributed by atoms with van der Waals surface area (Å²) in [5, 5.41) is 4.13. The van der Waals surface area contributed by atoms with E-state index >= 15 is 0 Å². The summed E-state index contributed by atoms with van der Waals surface area (Å²) in [6.07, 6.45) is 2.70. The fourth-order valence-corrected chi connectivity index (χ4v) is 2.31. The van der Waals surface area contributed by atoms with Gasteiger partial charge in [-0.05, 0) is 36.5 Å². The van der Waals surface area contributed by atoms with Crippen LogP contribution < -0.4 is 5.32 Å². The Bertz CT molecular complexity index is 368. The summed E-state index contributed by atoms with van der Waals surface area (Å²) >= 11 is 9.51. The number of halogens is 2. The van der Waals surface area contributed by atoms with Crippen molar-refractivity contribution in [1.82, 2.24) is 5.32 Å². The third-order valence-electron chi connectivity index (χ3n) is 2.80. The normalized spacial score (nSPS) is 15.2. The van der Waals surface area contributed by atoms with Crippen molar-refractivity contribution in [3.63, 3.8) is 0 Å². The molecule has 1 aliphatic carbocycles. The molecule has 0 radical (unpaired) electrons. The molecule has 1 fully saturated rings. The number of ether oxygens (including phenoxy) is 1. The maximum absolute atomic E-state index is 6.12. The highest BCUT2D eigenvalue weighted by Crippen LogP contribution is 2.28. The fraction of sp³-hybridized carbons (Fsp3) is 0.538. The Labute approximate surface area is 116 Å². The lowest BCUT2D eigenvalue weighted by Crippen LogP contribution is -2.19. The van der Waals surface area contributed by atoms with Gasteiger partial charge in [0.2, 0.25) is 0 Å². The fourth-order valence-electron chi connectivity index (χ4n) is 1.57. The highest BCUT2D eigenvalue weighted by Gasteiger charge is 2.20. The van der Waals surface area contributed by atoms with Gasteiger partial charge in [0, 0.05) is 29.2 Å². The molecule has 2 rings (SSSR count). The molecule has 0 amide bonds. The van der Waals surface area contributed by atoms with Crippen LogP contribution in [0.25, 0.3) is 0 Å². The third-order valence-corrected chi connectivity index (χ3v) is 3.65. The summed E-state index contributed by atoms with van der Waals surface area (Å²) in [5.41, 5.74) is 1.12. The van der Waals surface area contributed by atoms with Crippen LogP contribution in [0.1, 0.15) is 18.4 Å². The van der Waals surface area contributed by atoms with Crippen LogP contribution in [0, 0.1) is 5.92 Å². The summed E-state index contributed by atoms with van der Waals surface area (Å²) in [4.78, 5) is 0. The van der Waals surface area contributed by atoms with Crippen molar-refractivity contribution in [3.05, 3.63) is 33.3 Å². The standard InChI is InChI=1S/C13H17BrClNO/c14-12-4-3-11(13(15)7-12)8-16-5-6-17-9-10-1-2-10/h3-4,7,10,16H,1-2,5-6,8-9H2. The molecule has 1 aromatic carbocycles. The van der Waals surface area contributed by atoms with E-state index in [4.69, 9.17) is 16.3 Å². The van der Waals surface area contributed by atoms with Gasteiger partial charge < -0.3 is 10.1 Å². The van der Waals surface area contributed by atoms with Crippen molar-refractivity contribution in [2.45, 2.75) is 19.4 Å². The molecule has 0 aromatic heterocycles. The van der Waals surface area contributed by atoms with Crippen LogP contribution in [-0.4, -0.2) is 19.8 Å². The zero-order valence-corrected chi connectivity index (χ0v) is 12.1.